The smallest absolute Gasteiger partial charge is 0.0748 e. The fraction of sp³-hybridized carbons (Fsp3) is 0.688. The Balaban J connectivity index is 1.97. The van der Waals surface area contributed by atoms with E-state index in [2.05, 4.69) is 48.1 Å². The molecule has 1 fully saturated rings. The molecule has 0 radical (unpaired) electrons. The number of hydrogen-bond donors (Lipinski definition) is 1. The van der Waals surface area contributed by atoms with E-state index < -0.39 is 0 Å². The molecule has 4 nitrogen and oxygen atoms in total. The zero-order valence-electron chi connectivity index (χ0n) is 12.9. The summed E-state index contributed by atoms with van der Waals surface area (Å²) < 4.78 is 5.71. The van der Waals surface area contributed by atoms with E-state index in [-0.39, 0.29) is 0 Å². The van der Waals surface area contributed by atoms with Crippen molar-refractivity contribution in [3.63, 3.8) is 0 Å². The summed E-state index contributed by atoms with van der Waals surface area (Å²) in [4.78, 5) is 6.99. The maximum atomic E-state index is 5.71. The highest BCUT2D eigenvalue weighted by molar-refractivity contribution is 5.45. The van der Waals surface area contributed by atoms with Crippen LogP contribution in [0.15, 0.2) is 18.3 Å². The van der Waals surface area contributed by atoms with Crippen LogP contribution in [0.4, 0.5) is 5.69 Å². The summed E-state index contributed by atoms with van der Waals surface area (Å²) in [6.07, 6.45) is 4.57. The molecule has 1 aliphatic rings. The monoisotopic (exact) mass is 277 g/mol. The molecular formula is C16H27N3O. The van der Waals surface area contributed by atoms with Crippen LogP contribution < -0.4 is 10.2 Å². The number of hydrogen-bond acceptors (Lipinski definition) is 4. The molecule has 2 atom stereocenters. The third-order valence-electron chi connectivity index (χ3n) is 3.87. The van der Waals surface area contributed by atoms with Gasteiger partial charge in [-0.05, 0) is 38.4 Å². The van der Waals surface area contributed by atoms with Crippen LogP contribution in [0.3, 0.4) is 0 Å². The maximum absolute atomic E-state index is 5.71. The zero-order chi connectivity index (χ0) is 14.4. The first-order valence-corrected chi connectivity index (χ1v) is 7.80. The normalized spacial score (nSPS) is 20.9. The largest absolute Gasteiger partial charge is 0.375 e. The Morgan fingerprint density at radius 3 is 2.95 bits per heavy atom. The Morgan fingerprint density at radius 1 is 1.45 bits per heavy atom. The number of nitrogens with one attached hydrogen (secondary N) is 1. The molecule has 1 aliphatic heterocycles. The Bertz CT molecular complexity index is 393. The van der Waals surface area contributed by atoms with Crippen molar-refractivity contribution in [1.82, 2.24) is 10.3 Å². The van der Waals surface area contributed by atoms with Crippen LogP contribution in [-0.4, -0.2) is 37.3 Å². The van der Waals surface area contributed by atoms with Gasteiger partial charge in [-0.15, -0.1) is 0 Å². The van der Waals surface area contributed by atoms with Crippen LogP contribution in [-0.2, 0) is 4.74 Å². The molecule has 20 heavy (non-hydrogen) atoms. The number of aromatic nitrogens is 1. The summed E-state index contributed by atoms with van der Waals surface area (Å²) in [5, 5.41) is 3.47. The second kappa shape index (κ2) is 7.60. The number of anilines is 1. The van der Waals surface area contributed by atoms with E-state index in [1.165, 1.54) is 5.69 Å². The Labute approximate surface area is 122 Å². The number of nitrogens with zero attached hydrogens (tertiary/aromatic N) is 2. The van der Waals surface area contributed by atoms with E-state index in [4.69, 9.17) is 4.74 Å². The predicted molar refractivity (Wildman–Crippen MR) is 83.2 cm³/mol. The average molecular weight is 277 g/mol. The van der Waals surface area contributed by atoms with Crippen molar-refractivity contribution in [3.05, 3.63) is 24.0 Å². The van der Waals surface area contributed by atoms with Gasteiger partial charge in [0.15, 0.2) is 0 Å². The van der Waals surface area contributed by atoms with Crippen LogP contribution in [0.2, 0.25) is 0 Å². The third kappa shape index (κ3) is 3.93. The first kappa shape index (κ1) is 15.3. The molecule has 0 aromatic carbocycles. The Kier molecular flexibility index (Phi) is 5.80. The molecule has 1 N–H and O–H groups in total. The topological polar surface area (TPSA) is 37.4 Å². The van der Waals surface area contributed by atoms with Gasteiger partial charge in [-0.3, -0.25) is 4.98 Å². The van der Waals surface area contributed by atoms with Gasteiger partial charge in [0, 0.05) is 19.1 Å². The molecule has 2 rings (SSSR count). The van der Waals surface area contributed by atoms with Gasteiger partial charge in [0.25, 0.3) is 0 Å². The fourth-order valence-corrected chi connectivity index (χ4v) is 2.51. The van der Waals surface area contributed by atoms with E-state index in [9.17, 15) is 0 Å². The van der Waals surface area contributed by atoms with Crippen molar-refractivity contribution in [2.45, 2.75) is 45.8 Å². The zero-order valence-corrected chi connectivity index (χ0v) is 12.9. The second-order valence-electron chi connectivity index (χ2n) is 5.46. The van der Waals surface area contributed by atoms with Gasteiger partial charge >= 0.3 is 0 Å². The molecule has 1 aromatic rings. The number of pyridine rings is 1. The average Bonchev–Trinajstić information content (AvgIpc) is 2.52. The number of morpholine rings is 1. The Hall–Kier alpha value is -1.13. The highest BCUT2D eigenvalue weighted by Gasteiger charge is 2.19. The predicted octanol–water partition coefficient (Wildman–Crippen LogP) is 2.76. The quantitative estimate of drug-likeness (QED) is 0.867. The summed E-state index contributed by atoms with van der Waals surface area (Å²) in [7, 11) is 0. The van der Waals surface area contributed by atoms with E-state index in [0.717, 1.165) is 44.8 Å². The minimum Gasteiger partial charge on any atom is -0.375 e. The first-order chi connectivity index (χ1) is 9.74. The van der Waals surface area contributed by atoms with Gasteiger partial charge in [0.05, 0.1) is 30.3 Å². The summed E-state index contributed by atoms with van der Waals surface area (Å²) in [6, 6.07) is 4.64. The van der Waals surface area contributed by atoms with Gasteiger partial charge in [-0.25, -0.2) is 0 Å². The van der Waals surface area contributed by atoms with E-state index in [1.807, 2.05) is 6.20 Å². The minimum atomic E-state index is 0.317. The SMILES string of the molecule is CCCNC(C)c1ccc(N2CCOC(CC)C2)cn1. The number of rotatable bonds is 6. The minimum absolute atomic E-state index is 0.317. The molecule has 0 saturated carbocycles. The molecule has 0 amide bonds. The highest BCUT2D eigenvalue weighted by Crippen LogP contribution is 2.19. The highest BCUT2D eigenvalue weighted by atomic mass is 16.5. The van der Waals surface area contributed by atoms with Crippen LogP contribution in [0, 0.1) is 0 Å². The molecule has 2 heterocycles. The van der Waals surface area contributed by atoms with Crippen molar-refractivity contribution in [3.8, 4) is 0 Å². The second-order valence-corrected chi connectivity index (χ2v) is 5.46. The van der Waals surface area contributed by atoms with Crippen LogP contribution >= 0.6 is 0 Å². The summed E-state index contributed by atoms with van der Waals surface area (Å²) in [5.74, 6) is 0. The third-order valence-corrected chi connectivity index (χ3v) is 3.87. The molecule has 1 saturated heterocycles. The van der Waals surface area contributed by atoms with Gasteiger partial charge in [-0.1, -0.05) is 13.8 Å². The van der Waals surface area contributed by atoms with Gasteiger partial charge in [0.1, 0.15) is 0 Å². The van der Waals surface area contributed by atoms with Gasteiger partial charge in [-0.2, -0.15) is 0 Å². The maximum Gasteiger partial charge on any atom is 0.0748 e. The van der Waals surface area contributed by atoms with Crippen LogP contribution in [0.25, 0.3) is 0 Å². The molecule has 4 heteroatoms. The lowest BCUT2D eigenvalue weighted by Gasteiger charge is -2.34. The summed E-state index contributed by atoms with van der Waals surface area (Å²) in [6.45, 7) is 10.3. The van der Waals surface area contributed by atoms with Gasteiger partial charge < -0.3 is 15.0 Å². The summed E-state index contributed by atoms with van der Waals surface area (Å²) >= 11 is 0. The van der Waals surface area contributed by atoms with Crippen molar-refractivity contribution < 1.29 is 4.74 Å². The van der Waals surface area contributed by atoms with Crippen LogP contribution in [0.1, 0.15) is 45.3 Å². The standard InChI is InChI=1S/C16H27N3O/c1-4-8-17-13(3)16-7-6-14(11-18-16)19-9-10-20-15(5-2)12-19/h6-7,11,13,15,17H,4-5,8-10,12H2,1-3H3. The lowest BCUT2D eigenvalue weighted by molar-refractivity contribution is 0.0384. The molecule has 0 aliphatic carbocycles. The van der Waals surface area contributed by atoms with E-state index >= 15 is 0 Å². The lowest BCUT2D eigenvalue weighted by atomic mass is 10.2. The molecule has 2 unspecified atom stereocenters. The number of ether oxygens (including phenoxy) is 1. The summed E-state index contributed by atoms with van der Waals surface area (Å²) in [5.41, 5.74) is 2.32. The van der Waals surface area contributed by atoms with Crippen molar-refractivity contribution >= 4 is 5.69 Å². The Morgan fingerprint density at radius 2 is 2.30 bits per heavy atom. The lowest BCUT2D eigenvalue weighted by Crippen LogP contribution is -2.42. The molecule has 0 bridgehead atoms. The van der Waals surface area contributed by atoms with Crippen molar-refractivity contribution in [1.29, 1.82) is 0 Å². The van der Waals surface area contributed by atoms with Crippen molar-refractivity contribution in [2.75, 3.05) is 31.1 Å². The van der Waals surface area contributed by atoms with Gasteiger partial charge in [0.2, 0.25) is 0 Å². The van der Waals surface area contributed by atoms with E-state index in [0.29, 0.717) is 12.1 Å². The molecule has 1 aromatic heterocycles. The molecule has 0 spiro atoms. The first-order valence-electron chi connectivity index (χ1n) is 7.80. The van der Waals surface area contributed by atoms with Crippen LogP contribution in [0.5, 0.6) is 0 Å². The van der Waals surface area contributed by atoms with E-state index in [1.54, 1.807) is 0 Å². The molecular weight excluding hydrogens is 250 g/mol. The van der Waals surface area contributed by atoms with Crippen molar-refractivity contribution in [2.24, 2.45) is 0 Å². The molecule has 112 valence electrons. The fourth-order valence-electron chi connectivity index (χ4n) is 2.51.